The van der Waals surface area contributed by atoms with Gasteiger partial charge < -0.3 is 10.5 Å². The number of rotatable bonds is 6. The Balaban J connectivity index is 2.65. The molecule has 1 aromatic rings. The van der Waals surface area contributed by atoms with E-state index in [-0.39, 0.29) is 18.1 Å². The summed E-state index contributed by atoms with van der Waals surface area (Å²) in [6.45, 7) is 0.708. The Morgan fingerprint density at radius 3 is 2.25 bits per heavy atom. The number of methoxy groups -OCH3 is 1. The van der Waals surface area contributed by atoms with Crippen molar-refractivity contribution < 1.29 is 13.2 Å². The van der Waals surface area contributed by atoms with Gasteiger partial charge in [-0.15, -0.1) is 0 Å². The van der Waals surface area contributed by atoms with Crippen molar-refractivity contribution in [3.8, 4) is 0 Å². The van der Waals surface area contributed by atoms with Gasteiger partial charge in [0, 0.05) is 13.7 Å². The van der Waals surface area contributed by atoms with Gasteiger partial charge in [-0.05, 0) is 11.1 Å². The molecule has 1 aromatic carbocycles. The van der Waals surface area contributed by atoms with Crippen LogP contribution in [0.25, 0.3) is 0 Å². The molecule has 0 aliphatic heterocycles. The summed E-state index contributed by atoms with van der Waals surface area (Å²) in [4.78, 5) is 0. The number of sulfone groups is 1. The second-order valence-corrected chi connectivity index (χ2v) is 5.79. The molecular formula is C11H17NO3S. The molecule has 0 unspecified atom stereocenters. The zero-order chi connectivity index (χ0) is 12.0. The van der Waals surface area contributed by atoms with Gasteiger partial charge in [-0.1, -0.05) is 24.3 Å². The van der Waals surface area contributed by atoms with Gasteiger partial charge in [-0.25, -0.2) is 8.42 Å². The highest BCUT2D eigenvalue weighted by atomic mass is 32.2. The molecule has 16 heavy (non-hydrogen) atoms. The Bertz CT molecular complexity index is 411. The summed E-state index contributed by atoms with van der Waals surface area (Å²) in [5.41, 5.74) is 7.24. The van der Waals surface area contributed by atoms with Crippen molar-refractivity contribution in [3.05, 3.63) is 35.4 Å². The first-order valence-electron chi connectivity index (χ1n) is 5.04. The number of hydrogen-bond acceptors (Lipinski definition) is 4. The van der Waals surface area contributed by atoms with Crippen LogP contribution in [0.15, 0.2) is 24.3 Å². The molecule has 1 rings (SSSR count). The second kappa shape index (κ2) is 5.98. The quantitative estimate of drug-likeness (QED) is 0.798. The third-order valence-corrected chi connectivity index (χ3v) is 3.81. The largest absolute Gasteiger partial charge is 0.384 e. The summed E-state index contributed by atoms with van der Waals surface area (Å²) in [5, 5.41) is 0. The normalized spacial score (nSPS) is 11.6. The molecule has 0 heterocycles. The van der Waals surface area contributed by atoms with Gasteiger partial charge in [0.2, 0.25) is 0 Å². The zero-order valence-corrected chi connectivity index (χ0v) is 10.2. The molecule has 0 aromatic heterocycles. The third kappa shape index (κ3) is 4.30. The summed E-state index contributed by atoms with van der Waals surface area (Å²) in [6.07, 6.45) is 0. The molecule has 5 heteroatoms. The summed E-state index contributed by atoms with van der Waals surface area (Å²) >= 11 is 0. The minimum atomic E-state index is -3.07. The monoisotopic (exact) mass is 243 g/mol. The predicted octanol–water partition coefficient (Wildman–Crippen LogP) is 0.707. The van der Waals surface area contributed by atoms with Crippen molar-refractivity contribution in [2.45, 2.75) is 12.3 Å². The van der Waals surface area contributed by atoms with Crippen molar-refractivity contribution in [1.29, 1.82) is 0 Å². The van der Waals surface area contributed by atoms with E-state index >= 15 is 0 Å². The van der Waals surface area contributed by atoms with Crippen LogP contribution in [-0.2, 0) is 26.9 Å². The van der Waals surface area contributed by atoms with Crippen LogP contribution in [0.1, 0.15) is 11.1 Å². The summed E-state index contributed by atoms with van der Waals surface area (Å²) in [7, 11) is -1.58. The fraction of sp³-hybridized carbons (Fsp3) is 0.455. The lowest BCUT2D eigenvalue weighted by Gasteiger charge is -2.04. The van der Waals surface area contributed by atoms with Crippen molar-refractivity contribution in [1.82, 2.24) is 0 Å². The van der Waals surface area contributed by atoms with E-state index in [0.717, 1.165) is 11.1 Å². The molecule has 0 amide bonds. The zero-order valence-electron chi connectivity index (χ0n) is 9.35. The summed E-state index contributed by atoms with van der Waals surface area (Å²) < 4.78 is 28.0. The smallest absolute Gasteiger partial charge is 0.156 e. The number of nitrogens with two attached hydrogens (primary N) is 1. The van der Waals surface area contributed by atoms with Gasteiger partial charge in [-0.2, -0.15) is 0 Å². The Hall–Kier alpha value is -0.910. The standard InChI is InChI=1S/C11H17NO3S/c1-15-6-7-16(13,14)9-11-4-2-10(8-12)3-5-11/h2-5H,6-9,12H2,1H3. The highest BCUT2D eigenvalue weighted by molar-refractivity contribution is 7.90. The van der Waals surface area contributed by atoms with Gasteiger partial charge in [0.1, 0.15) is 0 Å². The minimum absolute atomic E-state index is 0.0568. The maximum atomic E-state index is 11.6. The van der Waals surface area contributed by atoms with Crippen LogP contribution < -0.4 is 5.73 Å². The van der Waals surface area contributed by atoms with E-state index < -0.39 is 9.84 Å². The Kier molecular flexibility index (Phi) is 4.92. The molecule has 0 spiro atoms. The summed E-state index contributed by atoms with van der Waals surface area (Å²) in [5.74, 6) is 0.114. The van der Waals surface area contributed by atoms with E-state index in [1.54, 1.807) is 12.1 Å². The average Bonchev–Trinajstić information content (AvgIpc) is 2.27. The van der Waals surface area contributed by atoms with Gasteiger partial charge in [0.05, 0.1) is 18.1 Å². The molecule has 90 valence electrons. The lowest BCUT2D eigenvalue weighted by molar-refractivity contribution is 0.217. The maximum Gasteiger partial charge on any atom is 0.156 e. The lowest BCUT2D eigenvalue weighted by atomic mass is 10.1. The van der Waals surface area contributed by atoms with Crippen LogP contribution in [0.2, 0.25) is 0 Å². The van der Waals surface area contributed by atoms with Crippen molar-refractivity contribution >= 4 is 9.84 Å². The third-order valence-electron chi connectivity index (χ3n) is 2.24. The molecule has 0 bridgehead atoms. The van der Waals surface area contributed by atoms with Crippen LogP contribution >= 0.6 is 0 Å². The van der Waals surface area contributed by atoms with Crippen LogP contribution in [0.5, 0.6) is 0 Å². The van der Waals surface area contributed by atoms with Crippen LogP contribution in [0.3, 0.4) is 0 Å². The fourth-order valence-corrected chi connectivity index (χ4v) is 2.57. The topological polar surface area (TPSA) is 69.4 Å². The summed E-state index contributed by atoms with van der Waals surface area (Å²) in [6, 6.07) is 7.29. The molecule has 0 radical (unpaired) electrons. The maximum absolute atomic E-state index is 11.6. The highest BCUT2D eigenvalue weighted by Crippen LogP contribution is 2.08. The molecule has 0 saturated carbocycles. The fourth-order valence-electron chi connectivity index (χ4n) is 1.31. The van der Waals surface area contributed by atoms with Gasteiger partial charge >= 0.3 is 0 Å². The Morgan fingerprint density at radius 2 is 1.75 bits per heavy atom. The number of ether oxygens (including phenoxy) is 1. The molecule has 2 N–H and O–H groups in total. The van der Waals surface area contributed by atoms with Crippen molar-refractivity contribution in [3.63, 3.8) is 0 Å². The molecule has 0 atom stereocenters. The van der Waals surface area contributed by atoms with E-state index in [4.69, 9.17) is 10.5 Å². The highest BCUT2D eigenvalue weighted by Gasteiger charge is 2.11. The minimum Gasteiger partial charge on any atom is -0.384 e. The first-order chi connectivity index (χ1) is 7.57. The predicted molar refractivity (Wildman–Crippen MR) is 63.7 cm³/mol. The average molecular weight is 243 g/mol. The van der Waals surface area contributed by atoms with Gasteiger partial charge in [0.25, 0.3) is 0 Å². The van der Waals surface area contributed by atoms with Crippen LogP contribution in [0.4, 0.5) is 0 Å². The Morgan fingerprint density at radius 1 is 1.19 bits per heavy atom. The number of benzene rings is 1. The van der Waals surface area contributed by atoms with Crippen molar-refractivity contribution in [2.75, 3.05) is 19.5 Å². The van der Waals surface area contributed by atoms with Crippen LogP contribution in [-0.4, -0.2) is 27.9 Å². The molecule has 0 aliphatic rings. The molecule has 0 saturated heterocycles. The van der Waals surface area contributed by atoms with Gasteiger partial charge in [-0.3, -0.25) is 0 Å². The molecular weight excluding hydrogens is 226 g/mol. The first kappa shape index (κ1) is 13.2. The number of hydrogen-bond donors (Lipinski definition) is 1. The van der Waals surface area contributed by atoms with E-state index in [1.165, 1.54) is 7.11 Å². The van der Waals surface area contributed by atoms with Gasteiger partial charge in [0.15, 0.2) is 9.84 Å². The molecule has 4 nitrogen and oxygen atoms in total. The Labute approximate surface area is 96.3 Å². The molecule has 0 fully saturated rings. The van der Waals surface area contributed by atoms with E-state index in [1.807, 2.05) is 12.1 Å². The van der Waals surface area contributed by atoms with E-state index in [0.29, 0.717) is 6.54 Å². The van der Waals surface area contributed by atoms with Crippen molar-refractivity contribution in [2.24, 2.45) is 5.73 Å². The molecule has 0 aliphatic carbocycles. The first-order valence-corrected chi connectivity index (χ1v) is 6.87. The SMILES string of the molecule is COCCS(=O)(=O)Cc1ccc(CN)cc1. The lowest BCUT2D eigenvalue weighted by Crippen LogP contribution is -2.13. The second-order valence-electron chi connectivity index (χ2n) is 3.61. The van der Waals surface area contributed by atoms with E-state index in [9.17, 15) is 8.42 Å². The van der Waals surface area contributed by atoms with Crippen LogP contribution in [0, 0.1) is 0 Å². The van der Waals surface area contributed by atoms with E-state index in [2.05, 4.69) is 0 Å².